The van der Waals surface area contributed by atoms with Crippen LogP contribution in [0.1, 0.15) is 11.7 Å². The molecule has 0 aliphatic carbocycles. The third-order valence-corrected chi connectivity index (χ3v) is 5.72. The van der Waals surface area contributed by atoms with E-state index < -0.39 is 31.7 Å². The molecule has 2 aromatic carbocycles. The quantitative estimate of drug-likeness (QED) is 0.804. The molecular formula is C14H9Cl3F2O3S. The average molecular weight is 402 g/mol. The predicted molar refractivity (Wildman–Crippen MR) is 85.0 cm³/mol. The minimum absolute atomic E-state index is 0.0604. The number of benzene rings is 2. The van der Waals surface area contributed by atoms with Gasteiger partial charge in [-0.3, -0.25) is 0 Å². The highest BCUT2D eigenvalue weighted by Crippen LogP contribution is 2.44. The lowest BCUT2D eigenvalue weighted by Gasteiger charge is -2.24. The molecule has 124 valence electrons. The number of aliphatic hydroxyl groups is 1. The maximum atomic E-state index is 14.4. The van der Waals surface area contributed by atoms with Crippen LogP contribution in [0, 0.1) is 0 Å². The van der Waals surface area contributed by atoms with Crippen molar-refractivity contribution in [1.29, 1.82) is 0 Å². The molecule has 0 fully saturated rings. The summed E-state index contributed by atoms with van der Waals surface area (Å²) in [5.74, 6) is 0. The Hall–Kier alpha value is -0.920. The van der Waals surface area contributed by atoms with Gasteiger partial charge in [0.25, 0.3) is 0 Å². The molecule has 0 aromatic heterocycles. The van der Waals surface area contributed by atoms with Crippen molar-refractivity contribution in [2.24, 2.45) is 0 Å². The first kappa shape index (κ1) is 18.4. The van der Waals surface area contributed by atoms with Crippen LogP contribution in [-0.2, 0) is 9.84 Å². The van der Waals surface area contributed by atoms with Crippen molar-refractivity contribution in [1.82, 2.24) is 0 Å². The van der Waals surface area contributed by atoms with Crippen molar-refractivity contribution in [3.63, 3.8) is 0 Å². The number of hydrogen-bond donors (Lipinski definition) is 1. The second kappa shape index (κ2) is 6.53. The zero-order valence-electron chi connectivity index (χ0n) is 11.2. The summed E-state index contributed by atoms with van der Waals surface area (Å²) in [5, 5.41) is 4.74. The summed E-state index contributed by atoms with van der Waals surface area (Å²) in [7, 11) is -5.16. The van der Waals surface area contributed by atoms with Gasteiger partial charge in [0.2, 0.25) is 9.84 Å². The highest BCUT2D eigenvalue weighted by Gasteiger charge is 2.54. The van der Waals surface area contributed by atoms with E-state index in [1.807, 2.05) is 0 Å². The van der Waals surface area contributed by atoms with Crippen molar-refractivity contribution >= 4 is 44.6 Å². The number of alkyl halides is 2. The molecule has 0 saturated carbocycles. The summed E-state index contributed by atoms with van der Waals surface area (Å²) >= 11 is 17.2. The van der Waals surface area contributed by atoms with Gasteiger partial charge in [0.15, 0.2) is 6.10 Å². The van der Waals surface area contributed by atoms with Gasteiger partial charge >= 0.3 is 5.25 Å². The van der Waals surface area contributed by atoms with Crippen LogP contribution in [0.15, 0.2) is 47.4 Å². The Labute approximate surface area is 146 Å². The molecule has 0 aliphatic heterocycles. The highest BCUT2D eigenvalue weighted by atomic mass is 35.5. The Kier molecular flexibility index (Phi) is 5.23. The average Bonchev–Trinajstić information content (AvgIpc) is 2.46. The molecule has 2 rings (SSSR count). The van der Waals surface area contributed by atoms with Gasteiger partial charge in [0.05, 0.1) is 4.90 Å². The second-order valence-electron chi connectivity index (χ2n) is 4.56. The van der Waals surface area contributed by atoms with Crippen LogP contribution in [0.5, 0.6) is 0 Å². The van der Waals surface area contributed by atoms with E-state index in [-0.39, 0.29) is 15.1 Å². The van der Waals surface area contributed by atoms with Gasteiger partial charge in [-0.1, -0.05) is 53.0 Å². The van der Waals surface area contributed by atoms with Gasteiger partial charge in [0.1, 0.15) is 0 Å². The van der Waals surface area contributed by atoms with Crippen molar-refractivity contribution in [3.8, 4) is 0 Å². The number of sulfone groups is 1. The van der Waals surface area contributed by atoms with E-state index in [1.165, 1.54) is 18.2 Å². The topological polar surface area (TPSA) is 54.4 Å². The van der Waals surface area contributed by atoms with Gasteiger partial charge in [-0.05, 0) is 24.3 Å². The zero-order valence-corrected chi connectivity index (χ0v) is 14.3. The first-order valence-electron chi connectivity index (χ1n) is 6.09. The number of aliphatic hydroxyl groups excluding tert-OH is 1. The van der Waals surface area contributed by atoms with E-state index >= 15 is 0 Å². The summed E-state index contributed by atoms with van der Waals surface area (Å²) in [6.45, 7) is 0. The Bertz CT molecular complexity index is 803. The van der Waals surface area contributed by atoms with Crippen LogP contribution in [0.2, 0.25) is 15.1 Å². The van der Waals surface area contributed by atoms with Crippen LogP contribution < -0.4 is 0 Å². The fourth-order valence-electron chi connectivity index (χ4n) is 1.89. The van der Waals surface area contributed by atoms with Gasteiger partial charge in [-0.2, -0.15) is 8.78 Å². The smallest absolute Gasteiger partial charge is 0.379 e. The summed E-state index contributed by atoms with van der Waals surface area (Å²) in [6, 6.07) is 8.22. The van der Waals surface area contributed by atoms with Crippen LogP contribution in [0.25, 0.3) is 0 Å². The Morgan fingerprint density at radius 1 is 1.00 bits per heavy atom. The molecule has 3 nitrogen and oxygen atoms in total. The maximum Gasteiger partial charge on any atom is 0.379 e. The van der Waals surface area contributed by atoms with Crippen LogP contribution in [-0.4, -0.2) is 18.8 Å². The Morgan fingerprint density at radius 2 is 1.48 bits per heavy atom. The molecule has 0 amide bonds. The molecule has 0 aliphatic rings. The first-order chi connectivity index (χ1) is 10.6. The van der Waals surface area contributed by atoms with Crippen LogP contribution in [0.3, 0.4) is 0 Å². The maximum absolute atomic E-state index is 14.4. The highest BCUT2D eigenvalue weighted by molar-refractivity contribution is 7.92. The molecule has 0 spiro atoms. The summed E-state index contributed by atoms with van der Waals surface area (Å²) in [4.78, 5) is -0.634. The minimum Gasteiger partial charge on any atom is -0.381 e. The molecule has 2 aromatic rings. The summed E-state index contributed by atoms with van der Waals surface area (Å²) in [6.07, 6.45) is -2.76. The van der Waals surface area contributed by atoms with Crippen molar-refractivity contribution in [3.05, 3.63) is 63.1 Å². The molecule has 1 atom stereocenters. The molecule has 0 radical (unpaired) electrons. The summed E-state index contributed by atoms with van der Waals surface area (Å²) in [5.41, 5.74) is -0.609. The molecule has 0 saturated heterocycles. The molecule has 1 N–H and O–H groups in total. The normalized spacial score (nSPS) is 13.8. The monoisotopic (exact) mass is 400 g/mol. The van der Waals surface area contributed by atoms with Crippen LogP contribution >= 0.6 is 34.8 Å². The van der Waals surface area contributed by atoms with E-state index in [4.69, 9.17) is 34.8 Å². The molecule has 1 unspecified atom stereocenters. The van der Waals surface area contributed by atoms with Gasteiger partial charge in [0, 0.05) is 20.6 Å². The van der Waals surface area contributed by atoms with E-state index in [2.05, 4.69) is 0 Å². The molecule has 0 heterocycles. The number of hydrogen-bond acceptors (Lipinski definition) is 3. The lowest BCUT2D eigenvalue weighted by molar-refractivity contribution is -0.0433. The van der Waals surface area contributed by atoms with Gasteiger partial charge < -0.3 is 5.11 Å². The van der Waals surface area contributed by atoms with Gasteiger partial charge in [-0.15, -0.1) is 0 Å². The lowest BCUT2D eigenvalue weighted by Crippen LogP contribution is -2.36. The molecule has 23 heavy (non-hydrogen) atoms. The Morgan fingerprint density at radius 3 is 1.96 bits per heavy atom. The van der Waals surface area contributed by atoms with E-state index in [0.29, 0.717) is 0 Å². The molecule has 9 heteroatoms. The SMILES string of the molecule is O=S(=O)(c1ccccc1)C(F)(F)C(O)c1c(Cl)cc(Cl)cc1Cl. The zero-order chi connectivity index (χ0) is 17.4. The lowest BCUT2D eigenvalue weighted by atomic mass is 10.1. The third kappa shape index (κ3) is 3.32. The van der Waals surface area contributed by atoms with Crippen molar-refractivity contribution in [2.75, 3.05) is 0 Å². The predicted octanol–water partition coefficient (Wildman–Crippen LogP) is 4.75. The summed E-state index contributed by atoms with van der Waals surface area (Å²) < 4.78 is 53.1. The number of halogens is 5. The van der Waals surface area contributed by atoms with Crippen molar-refractivity contribution < 1.29 is 22.3 Å². The van der Waals surface area contributed by atoms with Gasteiger partial charge in [-0.25, -0.2) is 8.42 Å². The van der Waals surface area contributed by atoms with E-state index in [9.17, 15) is 22.3 Å². The largest absolute Gasteiger partial charge is 0.381 e. The Balaban J connectivity index is 2.56. The van der Waals surface area contributed by atoms with Crippen LogP contribution in [0.4, 0.5) is 8.78 Å². The van der Waals surface area contributed by atoms with E-state index in [0.717, 1.165) is 24.3 Å². The number of rotatable bonds is 4. The third-order valence-electron chi connectivity index (χ3n) is 3.05. The first-order valence-corrected chi connectivity index (χ1v) is 8.70. The fourth-order valence-corrected chi connectivity index (χ4v) is 4.15. The standard InChI is InChI=1S/C14H9Cl3F2O3S/c15-8-6-10(16)12(11(17)7-8)13(20)14(18,19)23(21,22)9-4-2-1-3-5-9/h1-7,13,20H. The van der Waals surface area contributed by atoms with Crippen molar-refractivity contribution in [2.45, 2.75) is 16.3 Å². The fraction of sp³-hybridized carbons (Fsp3) is 0.143. The molecule has 0 bridgehead atoms. The minimum atomic E-state index is -5.16. The molecular weight excluding hydrogens is 393 g/mol. The second-order valence-corrected chi connectivity index (χ2v) is 7.84. The van der Waals surface area contributed by atoms with E-state index in [1.54, 1.807) is 0 Å².